The van der Waals surface area contributed by atoms with Crippen molar-refractivity contribution in [1.82, 2.24) is 10.2 Å². The zero-order valence-corrected chi connectivity index (χ0v) is 26.4. The van der Waals surface area contributed by atoms with Crippen LogP contribution in [0.3, 0.4) is 0 Å². The van der Waals surface area contributed by atoms with E-state index in [9.17, 15) is 22.8 Å². The molecule has 1 aliphatic heterocycles. The van der Waals surface area contributed by atoms with E-state index >= 15 is 0 Å². The highest BCUT2D eigenvalue weighted by atomic mass is 19.4. The van der Waals surface area contributed by atoms with Gasteiger partial charge >= 0.3 is 12.4 Å². The highest BCUT2D eigenvalue weighted by Crippen LogP contribution is 2.55. The van der Waals surface area contributed by atoms with E-state index in [0.717, 1.165) is 55.4 Å². The summed E-state index contributed by atoms with van der Waals surface area (Å²) in [5.74, 6) is 2.29. The minimum atomic E-state index is -4.78. The number of ether oxygens (including phenoxy) is 2. The van der Waals surface area contributed by atoms with Gasteiger partial charge < -0.3 is 25.0 Å². The van der Waals surface area contributed by atoms with Crippen molar-refractivity contribution in [2.75, 3.05) is 18.4 Å². The molecule has 2 N–H and O–H groups in total. The average molecular weight is 648 g/mol. The number of carbonyl (C=O) groups is 2. The fraction of sp³-hybridized carbons (Fsp3) is 0.459. The number of alkyl halides is 3. The van der Waals surface area contributed by atoms with E-state index in [1.807, 2.05) is 30.0 Å². The van der Waals surface area contributed by atoms with Crippen molar-refractivity contribution < 1.29 is 32.2 Å². The standard InChI is InChI=1S/C37H40F3N3O4/c1-23-4-2-7-32(33(23)27-8-10-30(11-9-27)47-37(38,39)40)34(44)41-28-5-3-6-31(19-28)46-29-12-14-43(15-13-29)35(45)42-36-20-24-16-25(21-36)18-26(17-24)22-36/h2-11,19,24-26,29H,12-18,20-22H2,1H3,(H,41,44)(H,42,45). The Hall–Kier alpha value is -4.21. The van der Waals surface area contributed by atoms with E-state index in [2.05, 4.69) is 15.4 Å². The summed E-state index contributed by atoms with van der Waals surface area (Å²) in [4.78, 5) is 28.7. The summed E-state index contributed by atoms with van der Waals surface area (Å²) < 4.78 is 48.2. The van der Waals surface area contributed by atoms with E-state index in [1.165, 1.54) is 43.5 Å². The number of nitrogens with one attached hydrogen (secondary N) is 2. The van der Waals surface area contributed by atoms with Crippen LogP contribution in [-0.2, 0) is 0 Å². The van der Waals surface area contributed by atoms with Gasteiger partial charge in [0.15, 0.2) is 0 Å². The third kappa shape index (κ3) is 7.06. The summed E-state index contributed by atoms with van der Waals surface area (Å²) in [7, 11) is 0. The molecule has 3 aromatic carbocycles. The van der Waals surface area contributed by atoms with Crippen molar-refractivity contribution in [3.8, 4) is 22.6 Å². The summed E-state index contributed by atoms with van der Waals surface area (Å²) in [6.07, 6.45) is 4.06. The molecule has 3 amide bonds. The number of benzene rings is 3. The lowest BCUT2D eigenvalue weighted by molar-refractivity contribution is -0.274. The number of aryl methyl sites for hydroxylation is 1. The lowest BCUT2D eigenvalue weighted by Gasteiger charge is -2.57. The maximum Gasteiger partial charge on any atom is 0.573 e. The second-order valence-electron chi connectivity index (χ2n) is 14.0. The molecule has 0 unspecified atom stereocenters. The van der Waals surface area contributed by atoms with Crippen LogP contribution in [0.1, 0.15) is 67.3 Å². The molecular weight excluding hydrogens is 607 g/mol. The first-order chi connectivity index (χ1) is 22.5. The van der Waals surface area contributed by atoms with E-state index in [4.69, 9.17) is 4.74 Å². The largest absolute Gasteiger partial charge is 0.573 e. The Labute approximate surface area is 272 Å². The molecule has 7 nitrogen and oxygen atoms in total. The number of amides is 3. The summed E-state index contributed by atoms with van der Waals surface area (Å²) in [5, 5.41) is 6.43. The molecule has 248 valence electrons. The Morgan fingerprint density at radius 3 is 2.13 bits per heavy atom. The van der Waals surface area contributed by atoms with E-state index in [1.54, 1.807) is 24.3 Å². The molecule has 4 bridgehead atoms. The summed E-state index contributed by atoms with van der Waals surface area (Å²) in [5.41, 5.74) is 2.96. The maximum atomic E-state index is 13.5. The zero-order valence-electron chi connectivity index (χ0n) is 26.4. The van der Waals surface area contributed by atoms with Crippen LogP contribution >= 0.6 is 0 Å². The minimum Gasteiger partial charge on any atom is -0.490 e. The first-order valence-corrected chi connectivity index (χ1v) is 16.6. The van der Waals surface area contributed by atoms with Gasteiger partial charge in [0.2, 0.25) is 0 Å². The summed E-state index contributed by atoms with van der Waals surface area (Å²) in [6.45, 7) is 3.12. The molecule has 4 aliphatic carbocycles. The number of piperidine rings is 1. The van der Waals surface area contributed by atoms with Crippen molar-refractivity contribution in [3.05, 3.63) is 77.9 Å². The van der Waals surface area contributed by atoms with E-state index in [-0.39, 0.29) is 29.3 Å². The zero-order chi connectivity index (χ0) is 32.8. The molecule has 3 aromatic rings. The van der Waals surface area contributed by atoms with Gasteiger partial charge in [-0.3, -0.25) is 4.79 Å². The van der Waals surface area contributed by atoms with Crippen molar-refractivity contribution in [1.29, 1.82) is 0 Å². The molecule has 0 atom stereocenters. The molecular formula is C37H40F3N3O4. The van der Waals surface area contributed by atoms with Crippen LogP contribution in [0.15, 0.2) is 66.7 Å². The lowest BCUT2D eigenvalue weighted by Crippen LogP contribution is -2.62. The first-order valence-electron chi connectivity index (χ1n) is 16.6. The Kier molecular flexibility index (Phi) is 8.30. The topological polar surface area (TPSA) is 79.9 Å². The predicted octanol–water partition coefficient (Wildman–Crippen LogP) is 8.33. The number of likely N-dealkylation sites (tertiary alicyclic amines) is 1. The highest BCUT2D eigenvalue weighted by Gasteiger charge is 2.52. The Morgan fingerprint density at radius 1 is 0.851 bits per heavy atom. The van der Waals surface area contributed by atoms with E-state index in [0.29, 0.717) is 41.2 Å². The number of halogens is 3. The molecule has 0 radical (unpaired) electrons. The second kappa shape index (κ2) is 12.4. The monoisotopic (exact) mass is 647 g/mol. The normalized spacial score (nSPS) is 25.4. The van der Waals surface area contributed by atoms with Gasteiger partial charge in [-0.05, 0) is 110 Å². The van der Waals surface area contributed by atoms with Crippen LogP contribution in [0.5, 0.6) is 11.5 Å². The molecule has 5 aliphatic rings. The Morgan fingerprint density at radius 2 is 1.49 bits per heavy atom. The van der Waals surface area contributed by atoms with Crippen LogP contribution in [0.2, 0.25) is 0 Å². The van der Waals surface area contributed by atoms with Crippen molar-refractivity contribution in [2.45, 2.75) is 76.3 Å². The van der Waals surface area contributed by atoms with Crippen LogP contribution in [0.4, 0.5) is 23.7 Å². The molecule has 47 heavy (non-hydrogen) atoms. The molecule has 8 rings (SSSR count). The fourth-order valence-electron chi connectivity index (χ4n) is 8.85. The number of hydrogen-bond donors (Lipinski definition) is 2. The Bertz CT molecular complexity index is 1600. The van der Waals surface area contributed by atoms with Crippen molar-refractivity contribution in [3.63, 3.8) is 0 Å². The van der Waals surface area contributed by atoms with Crippen LogP contribution in [-0.4, -0.2) is 47.9 Å². The van der Waals surface area contributed by atoms with Gasteiger partial charge in [-0.2, -0.15) is 0 Å². The van der Waals surface area contributed by atoms with Crippen LogP contribution in [0, 0.1) is 24.7 Å². The molecule has 0 aromatic heterocycles. The first kappa shape index (κ1) is 31.4. The van der Waals surface area contributed by atoms with Crippen molar-refractivity contribution >= 4 is 17.6 Å². The minimum absolute atomic E-state index is 0.000546. The number of nitrogens with zero attached hydrogens (tertiary/aromatic N) is 1. The number of carbonyl (C=O) groups excluding carboxylic acids is 2. The highest BCUT2D eigenvalue weighted by molar-refractivity contribution is 6.09. The number of anilines is 1. The number of rotatable bonds is 7. The number of hydrogen-bond acceptors (Lipinski definition) is 4. The van der Waals surface area contributed by atoms with Crippen LogP contribution < -0.4 is 20.1 Å². The molecule has 5 fully saturated rings. The van der Waals surface area contributed by atoms with Crippen LogP contribution in [0.25, 0.3) is 11.1 Å². The molecule has 10 heteroatoms. The maximum absolute atomic E-state index is 13.5. The van der Waals surface area contributed by atoms with Gasteiger partial charge in [-0.25, -0.2) is 4.79 Å². The van der Waals surface area contributed by atoms with Gasteiger partial charge in [0.25, 0.3) is 5.91 Å². The predicted molar refractivity (Wildman–Crippen MR) is 172 cm³/mol. The van der Waals surface area contributed by atoms with Gasteiger partial charge in [0, 0.05) is 48.8 Å². The van der Waals surface area contributed by atoms with Gasteiger partial charge in [-0.15, -0.1) is 13.2 Å². The van der Waals surface area contributed by atoms with E-state index < -0.39 is 6.36 Å². The average Bonchev–Trinajstić information content (AvgIpc) is 3.00. The SMILES string of the molecule is Cc1cccc(C(=O)Nc2cccc(OC3CCN(C(=O)NC45CC6CC(CC(C6)C4)C5)CC3)c2)c1-c1ccc(OC(F)(F)F)cc1. The third-order valence-electron chi connectivity index (χ3n) is 10.4. The Balaban J connectivity index is 0.951. The quantitative estimate of drug-likeness (QED) is 0.270. The van der Waals surface area contributed by atoms with Crippen molar-refractivity contribution in [2.24, 2.45) is 17.8 Å². The third-order valence-corrected chi connectivity index (χ3v) is 10.4. The summed E-state index contributed by atoms with van der Waals surface area (Å²) in [6, 6.07) is 18.1. The molecule has 1 saturated heterocycles. The molecule has 1 heterocycles. The lowest BCUT2D eigenvalue weighted by atomic mass is 9.53. The molecule has 0 spiro atoms. The van der Waals surface area contributed by atoms with Gasteiger partial charge in [0.05, 0.1) is 0 Å². The van der Waals surface area contributed by atoms with Gasteiger partial charge in [0.1, 0.15) is 17.6 Å². The molecule has 4 saturated carbocycles. The fourth-order valence-corrected chi connectivity index (χ4v) is 8.85. The number of urea groups is 1. The van der Waals surface area contributed by atoms with Gasteiger partial charge in [-0.1, -0.05) is 30.3 Å². The second-order valence-corrected chi connectivity index (χ2v) is 14.0. The summed E-state index contributed by atoms with van der Waals surface area (Å²) >= 11 is 0. The smallest absolute Gasteiger partial charge is 0.490 e.